The summed E-state index contributed by atoms with van der Waals surface area (Å²) in [5.74, 6) is 1.57. The largest absolute Gasteiger partial charge is 0.307 e. The van der Waals surface area contributed by atoms with Crippen LogP contribution in [0.15, 0.2) is 219 Å². The predicted molar refractivity (Wildman–Crippen MR) is 281 cm³/mol. The van der Waals surface area contributed by atoms with Crippen LogP contribution in [0, 0.1) is 0 Å². The molecule has 15 aromatic rings. The van der Waals surface area contributed by atoms with E-state index in [0.29, 0.717) is 17.6 Å². The summed E-state index contributed by atoms with van der Waals surface area (Å²) >= 11 is 0. The highest BCUT2D eigenvalue weighted by Gasteiger charge is 2.27. The summed E-state index contributed by atoms with van der Waals surface area (Å²) in [6, 6.07) is 63.8. The van der Waals surface area contributed by atoms with Crippen molar-refractivity contribution in [3.05, 3.63) is 219 Å². The first kappa shape index (κ1) is 38.3. The smallest absolute Gasteiger partial charge is 0.238 e. The lowest BCUT2D eigenvalue weighted by Gasteiger charge is -2.22. The molecule has 10 heteroatoms. The third-order valence-electron chi connectivity index (χ3n) is 13.9. The summed E-state index contributed by atoms with van der Waals surface area (Å²) in [6.45, 7) is 0. The Kier molecular flexibility index (Phi) is 8.13. The molecule has 8 heterocycles. The monoisotopic (exact) mass is 896 g/mol. The first-order chi connectivity index (χ1) is 34.8. The van der Waals surface area contributed by atoms with Crippen LogP contribution in [-0.2, 0) is 0 Å². The molecular weight excluding hydrogens is 861 g/mol. The fraction of sp³-hybridized carbons (Fsp3) is 0. The number of hydrogen-bond donors (Lipinski definition) is 0. The highest BCUT2D eigenvalue weighted by Crippen LogP contribution is 2.44. The Balaban J connectivity index is 1.16. The van der Waals surface area contributed by atoms with Gasteiger partial charge in [-0.05, 0) is 60.7 Å². The van der Waals surface area contributed by atoms with Gasteiger partial charge >= 0.3 is 0 Å². The van der Waals surface area contributed by atoms with Crippen LogP contribution >= 0.6 is 0 Å². The maximum Gasteiger partial charge on any atom is 0.238 e. The molecule has 0 aliphatic carbocycles. The molecule has 0 radical (unpaired) electrons. The van der Waals surface area contributed by atoms with E-state index in [1.165, 1.54) is 0 Å². The van der Waals surface area contributed by atoms with Gasteiger partial charge in [0.05, 0.1) is 79.8 Å². The molecule has 0 amide bonds. The van der Waals surface area contributed by atoms with E-state index in [2.05, 4.69) is 182 Å². The van der Waals surface area contributed by atoms with Gasteiger partial charge in [-0.2, -0.15) is 9.97 Å². The lowest BCUT2D eigenvalue weighted by Crippen LogP contribution is -2.10. The second kappa shape index (κ2) is 14.9. The number of benzene rings is 7. The Bertz CT molecular complexity index is 4400. The Morgan fingerprint density at radius 2 is 0.629 bits per heavy atom. The number of fused-ring (bicyclic) bond motifs is 12. The SMILES string of the molecule is c1ccc(-c2nc(-c3cc(-n4c5ccccc5c5ccncc54)c(-n4c5ccccc5c5ccncc54)cc3-n3c4ccccc4c4ccncc43)nc(-n3c4ccccc4c4ccccc43)n2)cc1. The van der Waals surface area contributed by atoms with Crippen molar-refractivity contribution in [1.29, 1.82) is 0 Å². The number of nitrogens with zero attached hydrogens (tertiary/aromatic N) is 10. The number of para-hydroxylation sites is 5. The topological polar surface area (TPSA) is 97.1 Å². The van der Waals surface area contributed by atoms with Crippen molar-refractivity contribution in [2.45, 2.75) is 0 Å². The van der Waals surface area contributed by atoms with Crippen LogP contribution < -0.4 is 0 Å². The standard InChI is InChI=1S/C60H36N10/c1-2-14-37(15-3-1)58-64-59(66-60(65-58)70-50-24-12-7-16-38(50)39-17-8-13-25-51(39)70)46-32-53(68-48-22-10-5-19-41(48)44-27-30-62-35-56(44)68)54(69-49-23-11-6-20-42(49)45-28-31-63-36-57(45)69)33-52(46)67-47-21-9-4-18-40(47)43-26-29-61-34-55(43)67/h1-36H. The van der Waals surface area contributed by atoms with E-state index in [1.807, 2.05) is 55.4 Å². The van der Waals surface area contributed by atoms with E-state index in [-0.39, 0.29) is 0 Å². The molecule has 10 nitrogen and oxygen atoms in total. The highest BCUT2D eigenvalue weighted by atomic mass is 15.2. The second-order valence-electron chi connectivity index (χ2n) is 17.6. The van der Waals surface area contributed by atoms with Crippen LogP contribution in [0.5, 0.6) is 0 Å². The Morgan fingerprint density at radius 3 is 1.09 bits per heavy atom. The van der Waals surface area contributed by atoms with E-state index < -0.39 is 0 Å². The molecule has 0 saturated carbocycles. The third-order valence-corrected chi connectivity index (χ3v) is 13.9. The van der Waals surface area contributed by atoms with Crippen molar-refractivity contribution in [3.8, 4) is 45.8 Å². The molecule has 326 valence electrons. The average molecular weight is 897 g/mol. The van der Waals surface area contributed by atoms with Crippen molar-refractivity contribution in [2.75, 3.05) is 0 Å². The molecule has 0 spiro atoms. The van der Waals surface area contributed by atoms with Crippen molar-refractivity contribution >= 4 is 87.2 Å². The maximum atomic E-state index is 5.62. The van der Waals surface area contributed by atoms with E-state index >= 15 is 0 Å². The summed E-state index contributed by atoms with van der Waals surface area (Å²) in [6.07, 6.45) is 11.5. The zero-order chi connectivity index (χ0) is 45.9. The van der Waals surface area contributed by atoms with Gasteiger partial charge in [-0.15, -0.1) is 0 Å². The molecule has 0 atom stereocenters. The van der Waals surface area contributed by atoms with Crippen LogP contribution in [-0.4, -0.2) is 48.2 Å². The van der Waals surface area contributed by atoms with Crippen LogP contribution in [0.25, 0.3) is 133 Å². The summed E-state index contributed by atoms with van der Waals surface area (Å²) in [4.78, 5) is 30.7. The minimum atomic E-state index is 0.506. The molecule has 0 saturated heterocycles. The van der Waals surface area contributed by atoms with Crippen LogP contribution in [0.4, 0.5) is 0 Å². The Morgan fingerprint density at radius 1 is 0.271 bits per heavy atom. The zero-order valence-corrected chi connectivity index (χ0v) is 37.3. The number of aromatic nitrogens is 10. The van der Waals surface area contributed by atoms with Crippen LogP contribution in [0.2, 0.25) is 0 Å². The highest BCUT2D eigenvalue weighted by molar-refractivity contribution is 6.13. The third kappa shape index (κ3) is 5.49. The Hall–Kier alpha value is -9.80. The zero-order valence-electron chi connectivity index (χ0n) is 37.3. The van der Waals surface area contributed by atoms with Gasteiger partial charge in [0.15, 0.2) is 11.6 Å². The van der Waals surface area contributed by atoms with Gasteiger partial charge in [-0.25, -0.2) is 4.98 Å². The molecule has 8 aromatic heterocycles. The number of pyridine rings is 3. The van der Waals surface area contributed by atoms with Gasteiger partial charge in [-0.3, -0.25) is 19.5 Å². The molecule has 0 aliphatic rings. The fourth-order valence-corrected chi connectivity index (χ4v) is 11.0. The van der Waals surface area contributed by atoms with E-state index in [4.69, 9.17) is 29.9 Å². The van der Waals surface area contributed by atoms with E-state index in [1.54, 1.807) is 0 Å². The minimum Gasteiger partial charge on any atom is -0.307 e. The van der Waals surface area contributed by atoms with Gasteiger partial charge in [0.25, 0.3) is 0 Å². The number of hydrogen-bond acceptors (Lipinski definition) is 6. The van der Waals surface area contributed by atoms with Gasteiger partial charge in [0.2, 0.25) is 5.95 Å². The van der Waals surface area contributed by atoms with Crippen molar-refractivity contribution in [1.82, 2.24) is 48.2 Å². The molecule has 0 fully saturated rings. The first-order valence-corrected chi connectivity index (χ1v) is 23.3. The quantitative estimate of drug-likeness (QED) is 0.165. The van der Waals surface area contributed by atoms with Gasteiger partial charge in [0.1, 0.15) is 0 Å². The van der Waals surface area contributed by atoms with Crippen molar-refractivity contribution in [2.24, 2.45) is 0 Å². The van der Waals surface area contributed by atoms with Gasteiger partial charge in [0, 0.05) is 72.8 Å². The van der Waals surface area contributed by atoms with E-state index in [9.17, 15) is 0 Å². The average Bonchev–Trinajstić information content (AvgIpc) is 4.16. The fourth-order valence-electron chi connectivity index (χ4n) is 11.0. The molecule has 70 heavy (non-hydrogen) atoms. The van der Waals surface area contributed by atoms with Crippen molar-refractivity contribution in [3.63, 3.8) is 0 Å². The molecule has 0 aliphatic heterocycles. The normalized spacial score (nSPS) is 12.0. The molecule has 0 N–H and O–H groups in total. The molecule has 0 bridgehead atoms. The second-order valence-corrected chi connectivity index (χ2v) is 17.6. The predicted octanol–water partition coefficient (Wildman–Crippen LogP) is 13.8. The molecule has 7 aromatic carbocycles. The Labute approximate surface area is 398 Å². The van der Waals surface area contributed by atoms with Gasteiger partial charge in [-0.1, -0.05) is 121 Å². The van der Waals surface area contributed by atoms with Gasteiger partial charge < -0.3 is 13.7 Å². The van der Waals surface area contributed by atoms with E-state index in [0.717, 1.165) is 115 Å². The summed E-state index contributed by atoms with van der Waals surface area (Å²) < 4.78 is 9.20. The van der Waals surface area contributed by atoms with Crippen molar-refractivity contribution < 1.29 is 0 Å². The summed E-state index contributed by atoms with van der Waals surface area (Å²) in [5, 5.41) is 8.88. The number of rotatable bonds is 6. The lowest BCUT2D eigenvalue weighted by atomic mass is 10.1. The minimum absolute atomic E-state index is 0.506. The molecule has 0 unspecified atom stereocenters. The lowest BCUT2D eigenvalue weighted by molar-refractivity contribution is 0.950. The molecular formula is C60H36N10. The molecule has 15 rings (SSSR count). The summed E-state index contributed by atoms with van der Waals surface area (Å²) in [5.41, 5.74) is 12.4. The maximum absolute atomic E-state index is 5.62. The van der Waals surface area contributed by atoms with Crippen LogP contribution in [0.3, 0.4) is 0 Å². The summed E-state index contributed by atoms with van der Waals surface area (Å²) in [7, 11) is 0. The first-order valence-electron chi connectivity index (χ1n) is 23.3. The van der Waals surface area contributed by atoms with Crippen LogP contribution in [0.1, 0.15) is 0 Å².